The smallest absolute Gasteiger partial charge is 0.428 e. The number of carbonyl (C=O) groups excluding carboxylic acids is 4. The molecule has 0 unspecified atom stereocenters. The van der Waals surface area contributed by atoms with E-state index in [-0.39, 0.29) is 45.1 Å². The van der Waals surface area contributed by atoms with E-state index in [1.54, 1.807) is 19.9 Å². The molecular formula is C42H54F3N5O8S. The van der Waals surface area contributed by atoms with Crippen molar-refractivity contribution in [3.05, 3.63) is 47.7 Å². The number of hydrogen-bond acceptors (Lipinski definition) is 9. The Balaban J connectivity index is 1.24. The molecule has 322 valence electrons. The Hall–Kier alpha value is -4.41. The molecule has 17 heteroatoms. The highest BCUT2D eigenvalue weighted by Crippen LogP contribution is 2.47. The number of alkyl halides is 3. The molecule has 0 bridgehead atoms. The number of alkyl carbamates (subject to hydrolysis) is 1. The molecule has 7 rings (SSSR count). The second kappa shape index (κ2) is 15.6. The molecule has 5 atom stereocenters. The Morgan fingerprint density at radius 3 is 2.42 bits per heavy atom. The summed E-state index contributed by atoms with van der Waals surface area (Å²) in [7, 11) is -4.11. The summed E-state index contributed by atoms with van der Waals surface area (Å²) in [5.74, 6) is -2.59. The zero-order valence-electron chi connectivity index (χ0n) is 34.0. The highest BCUT2D eigenvalue weighted by molar-refractivity contribution is 7.91. The van der Waals surface area contributed by atoms with Crippen molar-refractivity contribution in [3.63, 3.8) is 0 Å². The number of nitrogens with one attached hydrogen (secondary N) is 3. The zero-order valence-corrected chi connectivity index (χ0v) is 34.8. The molecule has 3 fully saturated rings. The standard InChI is InChI=1S/C42H54F3N5O8S/c1-26-14-8-6-5-7-9-17-31(47-37(54)58-41(42(43,44)45)19-12-13-20-41)35(52)50-25-40(21-18-29-28-15-10-11-16-30(28)46-27(2)33(29)57-40)24-32(50)34(51)48-39(26,4)36(53)49-59(55,56)38(3)22-23-38/h8,10-11,14-16,26,31-32H,5-7,9,12-13,17-25H2,1-4H3,(H,47,54)(H,48,51)(H,49,53)/b14-8-/t26-,31-,32-,39+,40+/m0/s1. The number of para-hydroxylation sites is 1. The summed E-state index contributed by atoms with van der Waals surface area (Å²) in [6, 6.07) is 5.00. The van der Waals surface area contributed by atoms with Crippen molar-refractivity contribution < 1.29 is 50.2 Å². The van der Waals surface area contributed by atoms with E-state index in [0.29, 0.717) is 62.8 Å². The number of fused-ring (bicyclic) bond motifs is 4. The van der Waals surface area contributed by atoms with E-state index in [4.69, 9.17) is 14.5 Å². The van der Waals surface area contributed by atoms with Crippen LogP contribution in [0, 0.1) is 12.8 Å². The van der Waals surface area contributed by atoms with Gasteiger partial charge in [0.2, 0.25) is 27.4 Å². The Morgan fingerprint density at radius 2 is 1.73 bits per heavy atom. The lowest BCUT2D eigenvalue weighted by molar-refractivity contribution is -0.255. The number of nitrogens with zero attached hydrogens (tertiary/aromatic N) is 2. The van der Waals surface area contributed by atoms with Crippen LogP contribution in [-0.2, 0) is 35.6 Å². The van der Waals surface area contributed by atoms with Crippen LogP contribution in [0.3, 0.4) is 0 Å². The number of pyridine rings is 1. The maximum Gasteiger partial charge on any atom is 0.428 e. The first-order valence-corrected chi connectivity index (χ1v) is 22.2. The Labute approximate surface area is 342 Å². The first-order chi connectivity index (χ1) is 27.7. The second-order valence-corrected chi connectivity index (χ2v) is 19.9. The molecule has 4 amide bonds. The Bertz CT molecular complexity index is 2150. The number of aryl methyl sites for hydroxylation is 2. The molecule has 2 aromatic rings. The van der Waals surface area contributed by atoms with Gasteiger partial charge in [0.1, 0.15) is 29.0 Å². The van der Waals surface area contributed by atoms with Gasteiger partial charge >= 0.3 is 12.3 Å². The molecule has 1 spiro atoms. The third-order valence-electron chi connectivity index (χ3n) is 13.4. The summed E-state index contributed by atoms with van der Waals surface area (Å²) < 4.78 is 82.5. The summed E-state index contributed by atoms with van der Waals surface area (Å²) in [6.45, 7) is 6.38. The second-order valence-electron chi connectivity index (χ2n) is 17.7. The lowest BCUT2D eigenvalue weighted by atomic mass is 9.84. The van der Waals surface area contributed by atoms with Crippen LogP contribution in [0.1, 0.15) is 115 Å². The van der Waals surface area contributed by atoms with Crippen LogP contribution in [0.15, 0.2) is 36.4 Å². The van der Waals surface area contributed by atoms with Gasteiger partial charge < -0.3 is 25.0 Å². The van der Waals surface area contributed by atoms with Crippen molar-refractivity contribution in [3.8, 4) is 5.75 Å². The fourth-order valence-corrected chi connectivity index (χ4v) is 10.4. The number of hydrogen-bond donors (Lipinski definition) is 3. The SMILES string of the molecule is Cc1nc2ccccc2c2c1O[C@]1(CC2)C[C@H]2C(=O)N[C@@](C)(C(=O)NS(=O)(=O)C3(C)CC3)[C@@H](C)/C=C\CCCCC[C@H](NC(=O)OC3(C(F)(F)F)CCCC3)C(=O)N2C1. The van der Waals surface area contributed by atoms with Gasteiger partial charge in [-0.3, -0.25) is 19.1 Å². The predicted octanol–water partition coefficient (Wildman–Crippen LogP) is 6.21. The number of amides is 4. The third-order valence-corrected chi connectivity index (χ3v) is 15.6. The maximum atomic E-state index is 14.9. The van der Waals surface area contributed by atoms with Crippen LogP contribution in [0.5, 0.6) is 5.75 Å². The average molecular weight is 846 g/mol. The largest absolute Gasteiger partial charge is 0.483 e. The topological polar surface area (TPSA) is 173 Å². The molecule has 2 aliphatic carbocycles. The number of allylic oxidation sites excluding steroid dienone is 1. The third kappa shape index (κ3) is 8.11. The van der Waals surface area contributed by atoms with Gasteiger partial charge in [-0.2, -0.15) is 13.2 Å². The van der Waals surface area contributed by atoms with Crippen LogP contribution in [0.4, 0.5) is 18.0 Å². The van der Waals surface area contributed by atoms with Crippen LogP contribution in [0.25, 0.3) is 10.9 Å². The number of benzene rings is 1. The molecule has 0 radical (unpaired) electrons. The van der Waals surface area contributed by atoms with Gasteiger partial charge in [-0.15, -0.1) is 0 Å². The maximum absolute atomic E-state index is 14.9. The van der Waals surface area contributed by atoms with Crippen molar-refractivity contribution in [1.29, 1.82) is 0 Å². The fraction of sp³-hybridized carbons (Fsp3) is 0.643. The molecule has 1 saturated heterocycles. The van der Waals surface area contributed by atoms with Gasteiger partial charge in [-0.05, 0) is 97.5 Å². The van der Waals surface area contributed by atoms with Gasteiger partial charge in [-0.1, -0.05) is 50.1 Å². The van der Waals surface area contributed by atoms with E-state index in [2.05, 4.69) is 15.4 Å². The van der Waals surface area contributed by atoms with E-state index in [1.807, 2.05) is 37.3 Å². The van der Waals surface area contributed by atoms with Crippen molar-refractivity contribution >= 4 is 44.7 Å². The lowest BCUT2D eigenvalue weighted by Gasteiger charge is -2.37. The minimum absolute atomic E-state index is 0.0388. The van der Waals surface area contributed by atoms with E-state index >= 15 is 0 Å². The molecule has 2 saturated carbocycles. The summed E-state index contributed by atoms with van der Waals surface area (Å²) >= 11 is 0. The Morgan fingerprint density at radius 1 is 1.02 bits per heavy atom. The molecule has 1 aromatic heterocycles. The number of aromatic nitrogens is 1. The summed E-state index contributed by atoms with van der Waals surface area (Å²) in [6.07, 6.45) is 0.945. The molecular weight excluding hydrogens is 792 g/mol. The molecule has 13 nitrogen and oxygen atoms in total. The molecule has 4 heterocycles. The molecule has 3 aliphatic heterocycles. The molecule has 59 heavy (non-hydrogen) atoms. The number of sulfonamides is 1. The molecule has 5 aliphatic rings. The number of halogens is 3. The van der Waals surface area contributed by atoms with Crippen LogP contribution in [0.2, 0.25) is 0 Å². The quantitative estimate of drug-likeness (QED) is 0.296. The van der Waals surface area contributed by atoms with Gasteiger partial charge in [0, 0.05) is 23.3 Å². The van der Waals surface area contributed by atoms with Crippen LogP contribution in [-0.4, -0.2) is 88.4 Å². The normalized spacial score (nSPS) is 30.2. The zero-order chi connectivity index (χ0) is 42.6. The minimum atomic E-state index is -4.82. The van der Waals surface area contributed by atoms with Crippen molar-refractivity contribution in [2.45, 2.75) is 157 Å². The van der Waals surface area contributed by atoms with Crippen molar-refractivity contribution in [2.24, 2.45) is 5.92 Å². The minimum Gasteiger partial charge on any atom is -0.483 e. The Kier molecular flexibility index (Phi) is 11.3. The first-order valence-electron chi connectivity index (χ1n) is 20.7. The van der Waals surface area contributed by atoms with Crippen molar-refractivity contribution in [2.75, 3.05) is 6.54 Å². The van der Waals surface area contributed by atoms with E-state index in [1.165, 1.54) is 11.8 Å². The monoisotopic (exact) mass is 845 g/mol. The van der Waals surface area contributed by atoms with E-state index < -0.39 is 79.5 Å². The number of rotatable bonds is 5. The average Bonchev–Trinajstić information content (AvgIpc) is 3.58. The molecule has 3 N–H and O–H groups in total. The van der Waals surface area contributed by atoms with Gasteiger partial charge in [-0.25, -0.2) is 18.2 Å². The number of carbonyl (C=O) groups is 4. The molecule has 1 aromatic carbocycles. The first kappa shape index (κ1) is 42.7. The summed E-state index contributed by atoms with van der Waals surface area (Å²) in [5.41, 5.74) is -3.28. The van der Waals surface area contributed by atoms with Gasteiger partial charge in [0.05, 0.1) is 22.5 Å². The van der Waals surface area contributed by atoms with Crippen LogP contribution < -0.4 is 20.1 Å². The summed E-state index contributed by atoms with van der Waals surface area (Å²) in [4.78, 5) is 63.2. The van der Waals surface area contributed by atoms with Crippen molar-refractivity contribution in [1.82, 2.24) is 25.2 Å². The number of ether oxygens (including phenoxy) is 2. The van der Waals surface area contributed by atoms with Gasteiger partial charge in [0.25, 0.3) is 5.91 Å². The highest BCUT2D eigenvalue weighted by atomic mass is 32.2. The predicted molar refractivity (Wildman–Crippen MR) is 212 cm³/mol. The van der Waals surface area contributed by atoms with E-state index in [0.717, 1.165) is 16.5 Å². The van der Waals surface area contributed by atoms with Gasteiger partial charge in [0.15, 0.2) is 0 Å². The lowest BCUT2D eigenvalue weighted by Crippen LogP contribution is -2.64. The fourth-order valence-electron chi connectivity index (χ4n) is 9.06. The highest BCUT2D eigenvalue weighted by Gasteiger charge is 2.60. The van der Waals surface area contributed by atoms with E-state index in [9.17, 15) is 40.8 Å². The van der Waals surface area contributed by atoms with Crippen LogP contribution >= 0.6 is 0 Å². The summed E-state index contributed by atoms with van der Waals surface area (Å²) in [5, 5.41) is 6.20.